The average molecular weight is 356 g/mol. The van der Waals surface area contributed by atoms with E-state index in [4.69, 9.17) is 4.98 Å². The summed E-state index contributed by atoms with van der Waals surface area (Å²) in [5, 5.41) is 11.5. The average Bonchev–Trinajstić information content (AvgIpc) is 2.92. The number of carboxylic acids is 1. The zero-order valence-corrected chi connectivity index (χ0v) is 17.1. The van der Waals surface area contributed by atoms with Crippen LogP contribution < -0.4 is 0 Å². The largest absolute Gasteiger partial charge is 0.478 e. The number of fused-ring (bicyclic) bond motifs is 2. The standard InChI is InChI=1S/C20H15NO2S.Na/c1-11-6-5-8-14-15(20(22)23)10-16(21-18(11)14)19-12(2)13-7-3-4-9-17(13)24-19;/h3-10H,1-2H3,(H,22,23);. The van der Waals surface area contributed by atoms with Gasteiger partial charge in [-0.3, -0.25) is 0 Å². The second kappa shape index (κ2) is 6.89. The van der Waals surface area contributed by atoms with E-state index in [1.165, 1.54) is 10.1 Å². The Bertz CT molecular complexity index is 1120. The number of rotatable bonds is 2. The predicted octanol–water partition coefficient (Wildman–Crippen LogP) is 5.05. The third kappa shape index (κ3) is 3.00. The van der Waals surface area contributed by atoms with Crippen LogP contribution in [0.1, 0.15) is 21.5 Å². The Morgan fingerprint density at radius 2 is 1.76 bits per heavy atom. The first-order valence-electron chi connectivity index (χ1n) is 7.68. The zero-order valence-electron chi connectivity index (χ0n) is 14.3. The van der Waals surface area contributed by atoms with E-state index in [1.54, 1.807) is 17.4 Å². The van der Waals surface area contributed by atoms with Gasteiger partial charge in [0.1, 0.15) is 0 Å². The molecule has 4 rings (SSSR count). The zero-order chi connectivity index (χ0) is 16.8. The minimum atomic E-state index is -0.923. The molecule has 0 aliphatic heterocycles. The first kappa shape index (κ1) is 18.1. The summed E-state index contributed by atoms with van der Waals surface area (Å²) in [6.45, 7) is 4.03. The number of carboxylic acid groups (broad SMARTS) is 1. The fourth-order valence-electron chi connectivity index (χ4n) is 3.10. The van der Waals surface area contributed by atoms with Crippen LogP contribution in [-0.4, -0.2) is 45.6 Å². The van der Waals surface area contributed by atoms with Crippen LogP contribution in [-0.2, 0) is 0 Å². The van der Waals surface area contributed by atoms with Crippen LogP contribution in [0.5, 0.6) is 0 Å². The summed E-state index contributed by atoms with van der Waals surface area (Å²) in [5.41, 5.74) is 3.91. The number of hydrogen-bond acceptors (Lipinski definition) is 3. The molecule has 0 aliphatic rings. The number of aryl methyl sites for hydroxylation is 2. The summed E-state index contributed by atoms with van der Waals surface area (Å²) in [6.07, 6.45) is 0. The van der Waals surface area contributed by atoms with E-state index in [0.29, 0.717) is 10.9 Å². The molecule has 3 nitrogen and oxygen atoms in total. The minimum absolute atomic E-state index is 0. The Morgan fingerprint density at radius 1 is 1.04 bits per heavy atom. The van der Waals surface area contributed by atoms with Gasteiger partial charge in [0.05, 0.1) is 21.7 Å². The monoisotopic (exact) mass is 356 g/mol. The van der Waals surface area contributed by atoms with Crippen LogP contribution in [0.15, 0.2) is 48.5 Å². The predicted molar refractivity (Wildman–Crippen MR) is 105 cm³/mol. The Hall–Kier alpha value is -1.72. The van der Waals surface area contributed by atoms with Crippen LogP contribution in [0.4, 0.5) is 0 Å². The van der Waals surface area contributed by atoms with Crippen LogP contribution in [0.25, 0.3) is 31.6 Å². The van der Waals surface area contributed by atoms with Gasteiger partial charge in [-0.05, 0) is 42.5 Å². The number of para-hydroxylation sites is 1. The number of benzene rings is 2. The quantitative estimate of drug-likeness (QED) is 0.511. The first-order chi connectivity index (χ1) is 11.6. The van der Waals surface area contributed by atoms with E-state index >= 15 is 0 Å². The Kier molecular flexibility index (Phi) is 4.98. The molecular weight excluding hydrogens is 341 g/mol. The van der Waals surface area contributed by atoms with Gasteiger partial charge in [0, 0.05) is 39.6 Å². The molecule has 2 aromatic heterocycles. The fourth-order valence-corrected chi connectivity index (χ4v) is 4.27. The summed E-state index contributed by atoms with van der Waals surface area (Å²) in [6, 6.07) is 15.6. The number of thiophene rings is 1. The molecule has 0 fully saturated rings. The van der Waals surface area contributed by atoms with Crippen molar-refractivity contribution in [2.75, 3.05) is 0 Å². The van der Waals surface area contributed by atoms with Crippen molar-refractivity contribution < 1.29 is 9.90 Å². The second-order valence-corrected chi connectivity index (χ2v) is 6.94. The molecule has 0 amide bonds. The van der Waals surface area contributed by atoms with Crippen LogP contribution >= 0.6 is 11.3 Å². The molecule has 0 aliphatic carbocycles. The summed E-state index contributed by atoms with van der Waals surface area (Å²) >= 11 is 1.66. The van der Waals surface area contributed by atoms with Crippen molar-refractivity contribution in [3.05, 3.63) is 65.2 Å². The number of carbonyl (C=O) groups is 1. The fraction of sp³-hybridized carbons (Fsp3) is 0.100. The number of aromatic carboxylic acids is 1. The molecule has 1 radical (unpaired) electrons. The van der Waals surface area contributed by atoms with Gasteiger partial charge in [0.2, 0.25) is 0 Å². The maximum absolute atomic E-state index is 11.7. The third-order valence-electron chi connectivity index (χ3n) is 4.35. The molecule has 0 unspecified atom stereocenters. The molecule has 0 atom stereocenters. The SMILES string of the molecule is Cc1c(-c2cc(C(=O)O)c3cccc(C)c3n2)sc2ccccc12.[Na]. The molecule has 2 aromatic carbocycles. The Labute approximate surface area is 171 Å². The topological polar surface area (TPSA) is 50.2 Å². The van der Waals surface area contributed by atoms with Crippen LogP contribution in [0.2, 0.25) is 0 Å². The van der Waals surface area contributed by atoms with Gasteiger partial charge in [-0.1, -0.05) is 36.4 Å². The molecule has 0 saturated carbocycles. The van der Waals surface area contributed by atoms with Crippen LogP contribution in [0.3, 0.4) is 0 Å². The van der Waals surface area contributed by atoms with E-state index in [9.17, 15) is 9.90 Å². The van der Waals surface area contributed by atoms with Crippen molar-refractivity contribution in [3.8, 4) is 10.6 Å². The number of aromatic nitrogens is 1. The van der Waals surface area contributed by atoms with E-state index < -0.39 is 5.97 Å². The molecule has 0 spiro atoms. The minimum Gasteiger partial charge on any atom is -0.478 e. The molecule has 0 saturated heterocycles. The number of pyridine rings is 1. The van der Waals surface area contributed by atoms with Crippen molar-refractivity contribution in [3.63, 3.8) is 0 Å². The van der Waals surface area contributed by atoms with Crippen molar-refractivity contribution in [2.45, 2.75) is 13.8 Å². The van der Waals surface area contributed by atoms with Gasteiger partial charge >= 0.3 is 5.97 Å². The molecule has 1 N–H and O–H groups in total. The maximum atomic E-state index is 11.7. The summed E-state index contributed by atoms with van der Waals surface area (Å²) < 4.78 is 1.19. The van der Waals surface area contributed by atoms with Gasteiger partial charge in [0.25, 0.3) is 0 Å². The van der Waals surface area contributed by atoms with E-state index in [0.717, 1.165) is 27.2 Å². The van der Waals surface area contributed by atoms with Crippen molar-refractivity contribution in [2.24, 2.45) is 0 Å². The molecule has 25 heavy (non-hydrogen) atoms. The molecular formula is C20H15NNaO2S. The van der Waals surface area contributed by atoms with Crippen molar-refractivity contribution in [1.82, 2.24) is 4.98 Å². The molecule has 4 aromatic rings. The second-order valence-electron chi connectivity index (χ2n) is 5.88. The summed E-state index contributed by atoms with van der Waals surface area (Å²) in [5.74, 6) is -0.923. The molecule has 5 heteroatoms. The summed E-state index contributed by atoms with van der Waals surface area (Å²) in [4.78, 5) is 17.6. The van der Waals surface area contributed by atoms with E-state index in [1.807, 2.05) is 37.3 Å². The van der Waals surface area contributed by atoms with Crippen molar-refractivity contribution >= 4 is 67.9 Å². The third-order valence-corrected chi connectivity index (χ3v) is 5.64. The molecule has 0 bridgehead atoms. The number of hydrogen-bond donors (Lipinski definition) is 1. The van der Waals surface area contributed by atoms with Gasteiger partial charge in [-0.25, -0.2) is 9.78 Å². The first-order valence-corrected chi connectivity index (χ1v) is 8.50. The van der Waals surface area contributed by atoms with Gasteiger partial charge < -0.3 is 5.11 Å². The number of nitrogens with zero attached hydrogens (tertiary/aromatic N) is 1. The Morgan fingerprint density at radius 3 is 2.48 bits per heavy atom. The van der Waals surface area contributed by atoms with Gasteiger partial charge in [-0.2, -0.15) is 0 Å². The molecule has 2 heterocycles. The van der Waals surface area contributed by atoms with Gasteiger partial charge in [-0.15, -0.1) is 11.3 Å². The van der Waals surface area contributed by atoms with E-state index in [-0.39, 0.29) is 29.6 Å². The van der Waals surface area contributed by atoms with Gasteiger partial charge in [0.15, 0.2) is 0 Å². The van der Waals surface area contributed by atoms with Crippen molar-refractivity contribution in [1.29, 1.82) is 0 Å². The summed E-state index contributed by atoms with van der Waals surface area (Å²) in [7, 11) is 0. The normalized spacial score (nSPS) is 10.8. The Balaban J connectivity index is 0.00000182. The smallest absolute Gasteiger partial charge is 0.336 e. The molecule has 119 valence electrons. The van der Waals surface area contributed by atoms with Crippen LogP contribution in [0, 0.1) is 13.8 Å². The maximum Gasteiger partial charge on any atom is 0.336 e. The van der Waals surface area contributed by atoms with E-state index in [2.05, 4.69) is 19.1 Å².